The Morgan fingerprint density at radius 3 is 2.52 bits per heavy atom. The zero-order chi connectivity index (χ0) is 19.2. The molecule has 0 bridgehead atoms. The Morgan fingerprint density at radius 1 is 1.15 bits per heavy atom. The van der Waals surface area contributed by atoms with Crippen molar-refractivity contribution in [2.75, 3.05) is 20.2 Å². The van der Waals surface area contributed by atoms with Gasteiger partial charge in [-0.1, -0.05) is 0 Å². The summed E-state index contributed by atoms with van der Waals surface area (Å²) in [5.74, 6) is 0.00671. The van der Waals surface area contributed by atoms with Crippen molar-refractivity contribution in [3.05, 3.63) is 59.2 Å². The predicted molar refractivity (Wildman–Crippen MR) is 102 cm³/mol. The summed E-state index contributed by atoms with van der Waals surface area (Å²) in [6.07, 6.45) is 0. The molecule has 8 heteroatoms. The molecule has 1 aliphatic heterocycles. The number of nitrogens with zero attached hydrogens (tertiary/aromatic N) is 1. The smallest absolute Gasteiger partial charge is 0.264 e. The number of amides is 1. The number of halogens is 1. The molecule has 0 radical (unpaired) electrons. The Bertz CT molecular complexity index is 1120. The summed E-state index contributed by atoms with van der Waals surface area (Å²) in [6, 6.07) is 12.3. The summed E-state index contributed by atoms with van der Waals surface area (Å²) in [5.41, 5.74) is 0. The van der Waals surface area contributed by atoms with E-state index >= 15 is 0 Å². The topological polar surface area (TPSA) is 63.7 Å². The second-order valence-electron chi connectivity index (χ2n) is 6.35. The highest BCUT2D eigenvalue weighted by molar-refractivity contribution is 7.92. The Morgan fingerprint density at radius 2 is 1.85 bits per heavy atom. The van der Waals surface area contributed by atoms with Gasteiger partial charge < -0.3 is 9.64 Å². The molecule has 4 rings (SSSR count). The van der Waals surface area contributed by atoms with Crippen LogP contribution in [0.2, 0.25) is 0 Å². The molecule has 0 N–H and O–H groups in total. The van der Waals surface area contributed by atoms with Crippen LogP contribution in [0.5, 0.6) is 5.75 Å². The van der Waals surface area contributed by atoms with Crippen LogP contribution in [-0.4, -0.2) is 44.7 Å². The first-order chi connectivity index (χ1) is 12.9. The van der Waals surface area contributed by atoms with E-state index in [0.717, 1.165) is 4.70 Å². The van der Waals surface area contributed by atoms with Crippen LogP contribution in [0.25, 0.3) is 10.1 Å². The van der Waals surface area contributed by atoms with Crippen molar-refractivity contribution >= 4 is 37.2 Å². The third-order valence-electron chi connectivity index (χ3n) is 4.65. The predicted octanol–water partition coefficient (Wildman–Crippen LogP) is 3.35. The Balaban J connectivity index is 1.48. The number of fused-ring (bicyclic) bond motifs is 1. The number of thiophene rings is 1. The molecule has 1 aromatic heterocycles. The van der Waals surface area contributed by atoms with E-state index < -0.39 is 15.1 Å². The lowest BCUT2D eigenvalue weighted by Gasteiger charge is -2.38. The van der Waals surface area contributed by atoms with Crippen LogP contribution in [0.4, 0.5) is 4.39 Å². The molecule has 1 amide bonds. The van der Waals surface area contributed by atoms with Crippen molar-refractivity contribution in [3.63, 3.8) is 0 Å². The second-order valence-corrected chi connectivity index (χ2v) is 9.66. The van der Waals surface area contributed by atoms with Gasteiger partial charge in [-0.15, -0.1) is 11.3 Å². The van der Waals surface area contributed by atoms with Crippen LogP contribution in [0, 0.1) is 5.82 Å². The fraction of sp³-hybridized carbons (Fsp3) is 0.211. The van der Waals surface area contributed by atoms with E-state index in [2.05, 4.69) is 0 Å². The monoisotopic (exact) mass is 405 g/mol. The molecule has 27 heavy (non-hydrogen) atoms. The zero-order valence-corrected chi connectivity index (χ0v) is 16.0. The second kappa shape index (κ2) is 6.61. The molecular weight excluding hydrogens is 389 g/mol. The minimum Gasteiger partial charge on any atom is -0.497 e. The van der Waals surface area contributed by atoms with Crippen LogP contribution in [0.3, 0.4) is 0 Å². The number of ether oxygens (including phenoxy) is 1. The van der Waals surface area contributed by atoms with E-state index in [1.165, 1.54) is 47.6 Å². The van der Waals surface area contributed by atoms with E-state index in [-0.39, 0.29) is 29.7 Å². The number of hydrogen-bond donors (Lipinski definition) is 0. The first kappa shape index (κ1) is 17.9. The Kier molecular flexibility index (Phi) is 4.39. The lowest BCUT2D eigenvalue weighted by atomic mass is 10.2. The number of hydrogen-bond acceptors (Lipinski definition) is 5. The molecule has 1 fully saturated rings. The van der Waals surface area contributed by atoms with Crippen molar-refractivity contribution in [3.8, 4) is 5.75 Å². The third kappa shape index (κ3) is 3.19. The molecule has 2 aromatic carbocycles. The zero-order valence-electron chi connectivity index (χ0n) is 14.4. The van der Waals surface area contributed by atoms with Gasteiger partial charge >= 0.3 is 0 Å². The van der Waals surface area contributed by atoms with Gasteiger partial charge in [-0.2, -0.15) is 0 Å². The maximum absolute atomic E-state index is 13.3. The normalized spacial score (nSPS) is 15.0. The molecule has 0 spiro atoms. The molecular formula is C19H16FNO4S2. The summed E-state index contributed by atoms with van der Waals surface area (Å²) in [7, 11) is -1.99. The van der Waals surface area contributed by atoms with Gasteiger partial charge in [-0.3, -0.25) is 4.79 Å². The van der Waals surface area contributed by atoms with Gasteiger partial charge in [-0.25, -0.2) is 12.8 Å². The number of sulfone groups is 1. The van der Waals surface area contributed by atoms with E-state index in [9.17, 15) is 17.6 Å². The molecule has 0 saturated carbocycles. The largest absolute Gasteiger partial charge is 0.497 e. The van der Waals surface area contributed by atoms with Crippen molar-refractivity contribution in [2.24, 2.45) is 0 Å². The van der Waals surface area contributed by atoms with E-state index in [1.807, 2.05) is 0 Å². The third-order valence-corrected chi connectivity index (χ3v) is 7.86. The fourth-order valence-electron chi connectivity index (χ4n) is 3.03. The number of benzene rings is 2. The number of carbonyl (C=O) groups excluding carboxylic acids is 1. The van der Waals surface area contributed by atoms with Crippen molar-refractivity contribution < 1.29 is 22.3 Å². The first-order valence-electron chi connectivity index (χ1n) is 8.25. The highest BCUT2D eigenvalue weighted by Crippen LogP contribution is 2.30. The quantitative estimate of drug-likeness (QED) is 0.668. The van der Waals surface area contributed by atoms with Crippen LogP contribution in [-0.2, 0) is 9.84 Å². The average Bonchev–Trinajstić information content (AvgIpc) is 3.03. The Hall–Kier alpha value is -2.45. The minimum absolute atomic E-state index is 0.149. The summed E-state index contributed by atoms with van der Waals surface area (Å²) >= 11 is 1.28. The molecule has 2 heterocycles. The standard InChI is InChI=1S/C19H16FNO4S2/c1-25-14-3-5-15(6-4-14)27(23,24)16-10-21(11-16)19(22)18-9-12-8-13(20)2-7-17(12)26-18/h2-9,16H,10-11H2,1H3. The SMILES string of the molecule is COc1ccc(S(=O)(=O)C2CN(C(=O)c3cc4cc(F)ccc4s3)C2)cc1. The fourth-order valence-corrected chi connectivity index (χ4v) is 5.70. The molecule has 5 nitrogen and oxygen atoms in total. The van der Waals surface area contributed by atoms with Crippen LogP contribution < -0.4 is 4.74 Å². The van der Waals surface area contributed by atoms with Crippen molar-refractivity contribution in [2.45, 2.75) is 10.1 Å². The van der Waals surface area contributed by atoms with Gasteiger partial charge in [0.05, 0.1) is 16.9 Å². The summed E-state index contributed by atoms with van der Waals surface area (Å²) in [5, 5.41) is 0.0490. The molecule has 1 aliphatic rings. The minimum atomic E-state index is -3.50. The van der Waals surface area contributed by atoms with Crippen LogP contribution in [0.15, 0.2) is 53.4 Å². The number of methoxy groups -OCH3 is 1. The maximum Gasteiger partial charge on any atom is 0.264 e. The molecule has 0 atom stereocenters. The molecule has 0 unspecified atom stereocenters. The van der Waals surface area contributed by atoms with Crippen molar-refractivity contribution in [1.82, 2.24) is 4.90 Å². The summed E-state index contributed by atoms with van der Waals surface area (Å²) in [6.45, 7) is 0.297. The van der Waals surface area contributed by atoms with Crippen LogP contribution >= 0.6 is 11.3 Å². The van der Waals surface area contributed by atoms with E-state index in [0.29, 0.717) is 16.0 Å². The summed E-state index contributed by atoms with van der Waals surface area (Å²) in [4.78, 5) is 14.8. The summed E-state index contributed by atoms with van der Waals surface area (Å²) < 4.78 is 44.5. The lowest BCUT2D eigenvalue weighted by molar-refractivity contribution is 0.0664. The number of rotatable bonds is 4. The van der Waals surface area contributed by atoms with Gasteiger partial charge in [0.2, 0.25) is 0 Å². The first-order valence-corrected chi connectivity index (χ1v) is 10.6. The maximum atomic E-state index is 13.3. The average molecular weight is 405 g/mol. The van der Waals surface area contributed by atoms with Gasteiger partial charge in [0, 0.05) is 17.8 Å². The van der Waals surface area contributed by atoms with Gasteiger partial charge in [-0.05, 0) is 53.9 Å². The van der Waals surface area contributed by atoms with Gasteiger partial charge in [0.1, 0.15) is 16.8 Å². The highest BCUT2D eigenvalue weighted by atomic mass is 32.2. The molecule has 140 valence electrons. The van der Waals surface area contributed by atoms with Crippen LogP contribution in [0.1, 0.15) is 9.67 Å². The van der Waals surface area contributed by atoms with E-state index in [4.69, 9.17) is 4.74 Å². The number of carbonyl (C=O) groups is 1. The Labute approximate surface area is 159 Å². The van der Waals surface area contributed by atoms with E-state index in [1.54, 1.807) is 24.3 Å². The van der Waals surface area contributed by atoms with Gasteiger partial charge in [0.25, 0.3) is 5.91 Å². The van der Waals surface area contributed by atoms with Gasteiger partial charge in [0.15, 0.2) is 9.84 Å². The molecule has 3 aromatic rings. The lowest BCUT2D eigenvalue weighted by Crippen LogP contribution is -2.56. The highest BCUT2D eigenvalue weighted by Gasteiger charge is 2.41. The molecule has 1 saturated heterocycles. The molecule has 0 aliphatic carbocycles. The van der Waals surface area contributed by atoms with Crippen molar-refractivity contribution in [1.29, 1.82) is 0 Å². The number of likely N-dealkylation sites (tertiary alicyclic amines) is 1.